The van der Waals surface area contributed by atoms with Crippen molar-refractivity contribution in [2.45, 2.75) is 19.8 Å². The second-order valence-electron chi connectivity index (χ2n) is 4.14. The Balaban J connectivity index is 2.73. The lowest BCUT2D eigenvalue weighted by molar-refractivity contribution is 0.0596. The third-order valence-electron chi connectivity index (χ3n) is 2.67. The van der Waals surface area contributed by atoms with Crippen LogP contribution < -0.4 is 0 Å². The van der Waals surface area contributed by atoms with Gasteiger partial charge in [-0.15, -0.1) is 0 Å². The summed E-state index contributed by atoms with van der Waals surface area (Å²) >= 11 is 3.45. The lowest BCUT2D eigenvalue weighted by Crippen LogP contribution is -2.02. The number of nitrogens with zero attached hydrogens (tertiary/aromatic N) is 1. The lowest BCUT2D eigenvalue weighted by Gasteiger charge is -2.07. The summed E-state index contributed by atoms with van der Waals surface area (Å²) in [6.07, 6.45) is 0. The van der Waals surface area contributed by atoms with E-state index in [0.717, 1.165) is 20.9 Å². The number of fused-ring (bicyclic) bond motifs is 1. The van der Waals surface area contributed by atoms with Crippen molar-refractivity contribution in [3.63, 3.8) is 0 Å². The van der Waals surface area contributed by atoms with E-state index in [-0.39, 0.29) is 0 Å². The van der Waals surface area contributed by atoms with Crippen LogP contribution in [0.4, 0.5) is 0 Å². The van der Waals surface area contributed by atoms with Crippen molar-refractivity contribution < 1.29 is 9.53 Å². The van der Waals surface area contributed by atoms with Crippen LogP contribution in [0.1, 0.15) is 35.8 Å². The largest absolute Gasteiger partial charge is 0.464 e. The molecule has 0 saturated heterocycles. The average Bonchev–Trinajstić information content (AvgIpc) is 2.70. The van der Waals surface area contributed by atoms with Gasteiger partial charge in [-0.3, -0.25) is 5.10 Å². The summed E-state index contributed by atoms with van der Waals surface area (Å²) in [6, 6.07) is 3.91. The van der Waals surface area contributed by atoms with Crippen LogP contribution in [0.5, 0.6) is 0 Å². The van der Waals surface area contributed by atoms with Crippen molar-refractivity contribution in [3.05, 3.63) is 27.9 Å². The average molecular weight is 297 g/mol. The molecule has 1 heterocycles. The van der Waals surface area contributed by atoms with Crippen molar-refractivity contribution >= 4 is 32.8 Å². The van der Waals surface area contributed by atoms with Crippen LogP contribution in [0, 0.1) is 0 Å². The molecular formula is C12H13BrN2O2. The maximum absolute atomic E-state index is 11.6. The first-order valence-corrected chi connectivity index (χ1v) is 6.09. The molecule has 1 N–H and O–H groups in total. The smallest absolute Gasteiger partial charge is 0.359 e. The highest BCUT2D eigenvalue weighted by Gasteiger charge is 2.18. The summed E-state index contributed by atoms with van der Waals surface area (Å²) in [5.41, 5.74) is 2.34. The number of aromatic nitrogens is 2. The minimum atomic E-state index is -0.427. The summed E-state index contributed by atoms with van der Waals surface area (Å²) in [6.45, 7) is 4.19. The molecule has 1 aromatic carbocycles. The Morgan fingerprint density at radius 1 is 1.47 bits per heavy atom. The van der Waals surface area contributed by atoms with Crippen LogP contribution >= 0.6 is 15.9 Å². The molecule has 0 unspecified atom stereocenters. The van der Waals surface area contributed by atoms with Gasteiger partial charge in [-0.2, -0.15) is 5.10 Å². The summed E-state index contributed by atoms with van der Waals surface area (Å²) in [7, 11) is 1.35. The second-order valence-corrected chi connectivity index (χ2v) is 5.05. The van der Waals surface area contributed by atoms with Gasteiger partial charge < -0.3 is 4.74 Å². The van der Waals surface area contributed by atoms with E-state index in [2.05, 4.69) is 40.0 Å². The molecule has 0 bridgehead atoms. The molecule has 0 saturated carbocycles. The highest BCUT2D eigenvalue weighted by Crippen LogP contribution is 2.29. The number of carbonyl (C=O) groups excluding carboxylic acids is 1. The third-order valence-corrected chi connectivity index (χ3v) is 3.13. The van der Waals surface area contributed by atoms with Gasteiger partial charge in [0.2, 0.25) is 0 Å². The van der Waals surface area contributed by atoms with Crippen LogP contribution in [-0.4, -0.2) is 23.3 Å². The Morgan fingerprint density at radius 3 is 2.76 bits per heavy atom. The van der Waals surface area contributed by atoms with E-state index in [1.54, 1.807) is 0 Å². The molecule has 0 amide bonds. The molecule has 90 valence electrons. The standard InChI is InChI=1S/C12H13BrN2O2/c1-6(2)8-4-7(13)5-9-10(8)14-15-11(9)12(16)17-3/h4-6H,1-3H3,(H,14,15). The Kier molecular flexibility index (Phi) is 3.19. The highest BCUT2D eigenvalue weighted by molar-refractivity contribution is 9.10. The number of benzene rings is 1. The van der Waals surface area contributed by atoms with E-state index < -0.39 is 5.97 Å². The molecule has 0 fully saturated rings. The van der Waals surface area contributed by atoms with Crippen LogP contribution in [0.25, 0.3) is 10.9 Å². The highest BCUT2D eigenvalue weighted by atomic mass is 79.9. The number of hydrogen-bond donors (Lipinski definition) is 1. The van der Waals surface area contributed by atoms with E-state index >= 15 is 0 Å². The number of rotatable bonds is 2. The van der Waals surface area contributed by atoms with Crippen molar-refractivity contribution in [2.75, 3.05) is 7.11 Å². The Bertz CT molecular complexity index is 575. The minimum Gasteiger partial charge on any atom is -0.464 e. The van der Waals surface area contributed by atoms with Gasteiger partial charge in [-0.25, -0.2) is 4.79 Å². The van der Waals surface area contributed by atoms with Crippen LogP contribution in [0.3, 0.4) is 0 Å². The van der Waals surface area contributed by atoms with Gasteiger partial charge in [-0.1, -0.05) is 29.8 Å². The molecule has 17 heavy (non-hydrogen) atoms. The van der Waals surface area contributed by atoms with Crippen molar-refractivity contribution in [1.82, 2.24) is 10.2 Å². The fourth-order valence-electron chi connectivity index (χ4n) is 1.82. The first-order chi connectivity index (χ1) is 8.04. The lowest BCUT2D eigenvalue weighted by atomic mass is 10.00. The van der Waals surface area contributed by atoms with Gasteiger partial charge >= 0.3 is 5.97 Å². The van der Waals surface area contributed by atoms with Crippen molar-refractivity contribution in [2.24, 2.45) is 0 Å². The second kappa shape index (κ2) is 4.49. The van der Waals surface area contributed by atoms with Gasteiger partial charge in [-0.05, 0) is 23.6 Å². The molecule has 1 aromatic heterocycles. The van der Waals surface area contributed by atoms with E-state index in [1.165, 1.54) is 7.11 Å². The molecule has 0 aliphatic rings. The fraction of sp³-hybridized carbons (Fsp3) is 0.333. The van der Waals surface area contributed by atoms with E-state index in [9.17, 15) is 4.79 Å². The zero-order chi connectivity index (χ0) is 12.6. The SMILES string of the molecule is COC(=O)c1n[nH]c2c(C(C)C)cc(Br)cc12. The molecule has 0 spiro atoms. The molecule has 2 aromatic rings. The number of H-pyrrole nitrogens is 1. The fourth-order valence-corrected chi connectivity index (χ4v) is 2.29. The van der Waals surface area contributed by atoms with Gasteiger partial charge in [0.05, 0.1) is 12.6 Å². The maximum Gasteiger partial charge on any atom is 0.359 e. The van der Waals surface area contributed by atoms with Gasteiger partial charge in [0, 0.05) is 9.86 Å². The number of esters is 1. The monoisotopic (exact) mass is 296 g/mol. The van der Waals surface area contributed by atoms with Gasteiger partial charge in [0.15, 0.2) is 5.69 Å². The number of carbonyl (C=O) groups is 1. The summed E-state index contributed by atoms with van der Waals surface area (Å²) in [4.78, 5) is 11.6. The predicted molar refractivity (Wildman–Crippen MR) is 69.2 cm³/mol. The summed E-state index contributed by atoms with van der Waals surface area (Å²) < 4.78 is 5.64. The summed E-state index contributed by atoms with van der Waals surface area (Å²) in [5.74, 6) is -0.0787. The van der Waals surface area contributed by atoms with Crippen molar-refractivity contribution in [1.29, 1.82) is 0 Å². The van der Waals surface area contributed by atoms with Crippen LogP contribution in [-0.2, 0) is 4.74 Å². The quantitative estimate of drug-likeness (QED) is 0.866. The van der Waals surface area contributed by atoms with E-state index in [1.807, 2.05) is 12.1 Å². The maximum atomic E-state index is 11.6. The molecule has 0 radical (unpaired) electrons. The number of hydrogen-bond acceptors (Lipinski definition) is 3. The molecule has 0 aliphatic carbocycles. The topological polar surface area (TPSA) is 55.0 Å². The number of methoxy groups -OCH3 is 1. The minimum absolute atomic E-state index is 0.325. The van der Waals surface area contributed by atoms with Crippen LogP contribution in [0.15, 0.2) is 16.6 Å². The molecule has 5 heteroatoms. The van der Waals surface area contributed by atoms with Gasteiger partial charge in [0.1, 0.15) is 0 Å². The van der Waals surface area contributed by atoms with Gasteiger partial charge in [0.25, 0.3) is 0 Å². The molecule has 4 nitrogen and oxygen atoms in total. The number of nitrogens with one attached hydrogen (secondary N) is 1. The van der Waals surface area contributed by atoms with E-state index in [4.69, 9.17) is 4.74 Å². The normalized spacial score (nSPS) is 11.1. The van der Waals surface area contributed by atoms with Crippen molar-refractivity contribution in [3.8, 4) is 0 Å². The molecule has 0 aliphatic heterocycles. The Morgan fingerprint density at radius 2 is 2.18 bits per heavy atom. The molecule has 0 atom stereocenters. The molecular weight excluding hydrogens is 284 g/mol. The number of ether oxygens (including phenoxy) is 1. The third kappa shape index (κ3) is 2.07. The van der Waals surface area contributed by atoms with Crippen LogP contribution in [0.2, 0.25) is 0 Å². The summed E-state index contributed by atoms with van der Waals surface area (Å²) in [5, 5.41) is 7.73. The first-order valence-electron chi connectivity index (χ1n) is 5.30. The molecule has 2 rings (SSSR count). The Hall–Kier alpha value is -1.36. The Labute approximate surface area is 107 Å². The zero-order valence-corrected chi connectivity index (χ0v) is 11.5. The van der Waals surface area contributed by atoms with E-state index in [0.29, 0.717) is 11.6 Å². The zero-order valence-electron chi connectivity index (χ0n) is 9.87. The number of halogens is 1. The number of aromatic amines is 1. The predicted octanol–water partition coefficient (Wildman–Crippen LogP) is 3.24. The first kappa shape index (κ1) is 12.1.